The van der Waals surface area contributed by atoms with Gasteiger partial charge < -0.3 is 10.4 Å². The summed E-state index contributed by atoms with van der Waals surface area (Å²) < 4.78 is 1.29. The molecule has 0 aliphatic rings. The van der Waals surface area contributed by atoms with E-state index in [1.165, 1.54) is 13.1 Å². The summed E-state index contributed by atoms with van der Waals surface area (Å²) in [7, 11) is 0. The van der Waals surface area contributed by atoms with Crippen molar-refractivity contribution in [2.45, 2.75) is 6.92 Å². The largest absolute Gasteiger partial charge is 0.618 e. The third-order valence-electron chi connectivity index (χ3n) is 3.60. The molecule has 1 heterocycles. The molecule has 3 rings (SSSR count). The van der Waals surface area contributed by atoms with E-state index in [0.717, 1.165) is 0 Å². The van der Waals surface area contributed by atoms with Crippen LogP contribution in [0.25, 0.3) is 11.0 Å². The zero-order valence-corrected chi connectivity index (χ0v) is 12.8. The summed E-state index contributed by atoms with van der Waals surface area (Å²) in [6, 6.07) is 15.0. The molecule has 7 heteroatoms. The first-order chi connectivity index (χ1) is 11.6. The first-order valence-electron chi connectivity index (χ1n) is 7.22. The average Bonchev–Trinajstić information content (AvgIpc) is 2.63. The van der Waals surface area contributed by atoms with Crippen LogP contribution in [0.1, 0.15) is 21.7 Å². The summed E-state index contributed by atoms with van der Waals surface area (Å²) in [5.41, 5.74) is 3.55. The first-order valence-corrected chi connectivity index (χ1v) is 7.22. The summed E-state index contributed by atoms with van der Waals surface area (Å²) in [4.78, 5) is 11.9. The van der Waals surface area contributed by atoms with Crippen molar-refractivity contribution in [2.75, 3.05) is 0 Å². The number of nitrogens with zero attached hydrogens (tertiary/aromatic N) is 3. The first kappa shape index (κ1) is 15.4. The van der Waals surface area contributed by atoms with Crippen molar-refractivity contribution in [3.8, 4) is 0 Å². The van der Waals surface area contributed by atoms with Crippen molar-refractivity contribution in [3.63, 3.8) is 0 Å². The van der Waals surface area contributed by atoms with Crippen molar-refractivity contribution in [2.24, 2.45) is 5.10 Å². The summed E-state index contributed by atoms with van der Waals surface area (Å²) >= 11 is 0. The molecular weight excluding hydrogens is 308 g/mol. The Morgan fingerprint density at radius 3 is 2.25 bits per heavy atom. The summed E-state index contributed by atoms with van der Waals surface area (Å²) in [6.07, 6.45) is 1.17. The van der Waals surface area contributed by atoms with Gasteiger partial charge in [0.25, 0.3) is 22.6 Å². The van der Waals surface area contributed by atoms with Crippen LogP contribution < -0.4 is 14.9 Å². The number of carbonyl (C=O) groups excluding carboxylic acids is 1. The molecule has 120 valence electrons. The van der Waals surface area contributed by atoms with E-state index in [2.05, 4.69) is 10.5 Å². The normalized spacial score (nSPS) is 11.0. The van der Waals surface area contributed by atoms with Gasteiger partial charge in [0.1, 0.15) is 6.21 Å². The van der Waals surface area contributed by atoms with Gasteiger partial charge in [0.2, 0.25) is 0 Å². The molecule has 7 nitrogen and oxygen atoms in total. The molecule has 1 amide bonds. The van der Waals surface area contributed by atoms with Crippen LogP contribution in [0.4, 0.5) is 0 Å². The lowest BCUT2D eigenvalue weighted by molar-refractivity contribution is -0.634. The van der Waals surface area contributed by atoms with Gasteiger partial charge in [-0.2, -0.15) is 14.6 Å². The lowest BCUT2D eigenvalue weighted by atomic mass is 10.2. The summed E-state index contributed by atoms with van der Waals surface area (Å²) in [6.45, 7) is 1.52. The number of rotatable bonds is 3. The SMILES string of the molecule is Cc1c(/C=N/NC(=O)c2ccccc2)[n+]([O-])c2ccccc2[n+]1[O-]. The minimum absolute atomic E-state index is 0.0667. The van der Waals surface area contributed by atoms with Crippen LogP contribution in [0.5, 0.6) is 0 Å². The molecule has 3 aromatic rings. The van der Waals surface area contributed by atoms with Crippen LogP contribution in [0.2, 0.25) is 0 Å². The van der Waals surface area contributed by atoms with Gasteiger partial charge in [-0.15, -0.1) is 0 Å². The Morgan fingerprint density at radius 2 is 1.58 bits per heavy atom. The second-order valence-corrected chi connectivity index (χ2v) is 5.11. The lowest BCUT2D eigenvalue weighted by Gasteiger charge is -2.08. The maximum atomic E-state index is 12.4. The quantitative estimate of drug-likeness (QED) is 0.339. The van der Waals surface area contributed by atoms with Crippen molar-refractivity contribution in [3.05, 3.63) is 82.0 Å². The van der Waals surface area contributed by atoms with Crippen molar-refractivity contribution in [1.29, 1.82) is 0 Å². The van der Waals surface area contributed by atoms with Crippen molar-refractivity contribution in [1.82, 2.24) is 5.43 Å². The fourth-order valence-corrected chi connectivity index (χ4v) is 2.32. The van der Waals surface area contributed by atoms with Gasteiger partial charge >= 0.3 is 5.69 Å². The van der Waals surface area contributed by atoms with E-state index in [1.807, 2.05) is 0 Å². The van der Waals surface area contributed by atoms with Gasteiger partial charge in [-0.3, -0.25) is 4.79 Å². The maximum Gasteiger partial charge on any atom is 0.305 e. The molecule has 0 aliphatic carbocycles. The highest BCUT2D eigenvalue weighted by molar-refractivity contribution is 5.94. The molecular formula is C17H14N4O3. The number of nitrogens with one attached hydrogen (secondary N) is 1. The monoisotopic (exact) mass is 322 g/mol. The van der Waals surface area contributed by atoms with E-state index in [1.54, 1.807) is 54.6 Å². The minimum atomic E-state index is -0.405. The number of fused-ring (bicyclic) bond motifs is 1. The fraction of sp³-hybridized carbons (Fsp3) is 0.0588. The highest BCUT2D eigenvalue weighted by Gasteiger charge is 2.23. The Morgan fingerprint density at radius 1 is 1.00 bits per heavy atom. The Hall–Kier alpha value is -3.48. The molecule has 0 bridgehead atoms. The van der Waals surface area contributed by atoms with Crippen LogP contribution in [-0.2, 0) is 0 Å². The molecule has 1 aromatic heterocycles. The second kappa shape index (κ2) is 6.33. The topological polar surface area (TPSA) is 95.3 Å². The average molecular weight is 322 g/mol. The molecule has 1 N–H and O–H groups in total. The van der Waals surface area contributed by atoms with Gasteiger partial charge in [-0.1, -0.05) is 30.3 Å². The molecule has 0 atom stereocenters. The molecule has 2 aromatic carbocycles. The predicted molar refractivity (Wildman–Crippen MR) is 88.1 cm³/mol. The van der Waals surface area contributed by atoms with E-state index < -0.39 is 5.91 Å². The summed E-state index contributed by atoms with van der Waals surface area (Å²) in [5, 5.41) is 28.4. The zero-order chi connectivity index (χ0) is 17.1. The third kappa shape index (κ3) is 2.74. The molecule has 0 spiro atoms. The van der Waals surface area contributed by atoms with Crippen molar-refractivity contribution >= 4 is 23.2 Å². The van der Waals surface area contributed by atoms with Gasteiger partial charge in [-0.25, -0.2) is 5.43 Å². The second-order valence-electron chi connectivity index (χ2n) is 5.11. The standard InChI is InChI=1S/C17H14N4O3/c1-12-16(11-18-19-17(22)13-7-3-2-4-8-13)21(24)15-10-6-5-9-14(15)20(12)23/h2-11H,1H3,(H,19,22)/b18-11+. The smallest absolute Gasteiger partial charge is 0.305 e. The molecule has 0 fully saturated rings. The molecule has 0 unspecified atom stereocenters. The summed E-state index contributed by atoms with van der Waals surface area (Å²) in [5.74, 6) is -0.405. The third-order valence-corrected chi connectivity index (χ3v) is 3.60. The Labute approximate surface area is 137 Å². The number of hydrogen-bond acceptors (Lipinski definition) is 4. The van der Waals surface area contributed by atoms with Gasteiger partial charge in [-0.05, 0) is 12.1 Å². The van der Waals surface area contributed by atoms with E-state index in [4.69, 9.17) is 0 Å². The molecule has 0 radical (unpaired) electrons. The highest BCUT2D eigenvalue weighted by Crippen LogP contribution is 2.07. The minimum Gasteiger partial charge on any atom is -0.618 e. The van der Waals surface area contributed by atoms with E-state index in [-0.39, 0.29) is 22.4 Å². The molecule has 24 heavy (non-hydrogen) atoms. The van der Waals surface area contributed by atoms with E-state index in [9.17, 15) is 15.2 Å². The molecule has 0 aliphatic heterocycles. The van der Waals surface area contributed by atoms with Crippen LogP contribution in [-0.4, -0.2) is 12.1 Å². The lowest BCUT2D eigenvalue weighted by Crippen LogP contribution is -2.44. The van der Waals surface area contributed by atoms with Crippen LogP contribution in [0.15, 0.2) is 59.7 Å². The Balaban J connectivity index is 1.91. The Kier molecular flexibility index (Phi) is 4.07. The number of hydrogen-bond donors (Lipinski definition) is 1. The number of benzene rings is 2. The number of para-hydroxylation sites is 2. The number of aromatic nitrogens is 2. The van der Waals surface area contributed by atoms with Crippen molar-refractivity contribution < 1.29 is 14.3 Å². The zero-order valence-electron chi connectivity index (χ0n) is 12.8. The number of amides is 1. The van der Waals surface area contributed by atoms with Gasteiger partial charge in [0.15, 0.2) is 0 Å². The van der Waals surface area contributed by atoms with Crippen LogP contribution >= 0.6 is 0 Å². The van der Waals surface area contributed by atoms with E-state index in [0.29, 0.717) is 15.0 Å². The van der Waals surface area contributed by atoms with Crippen LogP contribution in [0, 0.1) is 17.3 Å². The fourth-order valence-electron chi connectivity index (χ4n) is 2.32. The maximum absolute atomic E-state index is 12.4. The predicted octanol–water partition coefficient (Wildman–Crippen LogP) is 1.18. The van der Waals surface area contributed by atoms with Gasteiger partial charge in [0.05, 0.1) is 0 Å². The Bertz CT molecular complexity index is 939. The number of hydrazone groups is 1. The highest BCUT2D eigenvalue weighted by atomic mass is 16.5. The number of carbonyl (C=O) groups is 1. The van der Waals surface area contributed by atoms with Gasteiger partial charge in [0, 0.05) is 24.6 Å². The molecule has 0 saturated carbocycles. The van der Waals surface area contributed by atoms with E-state index >= 15 is 0 Å². The van der Waals surface area contributed by atoms with Crippen LogP contribution in [0.3, 0.4) is 0 Å². The molecule has 0 saturated heterocycles.